The third-order valence-corrected chi connectivity index (χ3v) is 9.02. The molecule has 0 radical (unpaired) electrons. The van der Waals surface area contributed by atoms with E-state index in [1.54, 1.807) is 4.90 Å². The van der Waals surface area contributed by atoms with Crippen molar-refractivity contribution in [3.63, 3.8) is 0 Å². The molecule has 2 amide bonds. The van der Waals surface area contributed by atoms with E-state index in [1.165, 1.54) is 0 Å². The van der Waals surface area contributed by atoms with Gasteiger partial charge in [0.2, 0.25) is 11.8 Å². The second-order valence-corrected chi connectivity index (χ2v) is 13.0. The summed E-state index contributed by atoms with van der Waals surface area (Å²) in [5.74, 6) is 0.104. The Balaban J connectivity index is 1.09. The maximum absolute atomic E-state index is 13.7. The van der Waals surface area contributed by atoms with E-state index in [9.17, 15) is 14.4 Å². The van der Waals surface area contributed by atoms with E-state index < -0.39 is 0 Å². The molecule has 2 aromatic rings. The molecule has 0 saturated carbocycles. The molecular formula is C38H55N5O7. The van der Waals surface area contributed by atoms with Crippen molar-refractivity contribution in [2.75, 3.05) is 64.3 Å². The summed E-state index contributed by atoms with van der Waals surface area (Å²) in [4.78, 5) is 39.8. The van der Waals surface area contributed by atoms with Crippen molar-refractivity contribution < 1.29 is 33.3 Å². The second kappa shape index (κ2) is 20.8. The number of ether oxygens (including phenoxy) is 4. The molecule has 3 atom stereocenters. The minimum atomic E-state index is -0.194. The average Bonchev–Trinajstić information content (AvgIpc) is 3.56. The van der Waals surface area contributed by atoms with Crippen molar-refractivity contribution in [1.29, 1.82) is 0 Å². The number of nitrogens with zero attached hydrogens (tertiary/aromatic N) is 4. The summed E-state index contributed by atoms with van der Waals surface area (Å²) in [7, 11) is 0. The number of anilines is 1. The minimum absolute atomic E-state index is 0.0846. The number of hydrogen-bond acceptors (Lipinski definition) is 10. The molecule has 50 heavy (non-hydrogen) atoms. The zero-order chi connectivity index (χ0) is 35.7. The van der Waals surface area contributed by atoms with Crippen molar-refractivity contribution in [1.82, 2.24) is 10.3 Å². The molecule has 3 unspecified atom stereocenters. The van der Waals surface area contributed by atoms with Gasteiger partial charge in [-0.15, -0.1) is 0 Å². The van der Waals surface area contributed by atoms with Gasteiger partial charge in [-0.2, -0.15) is 5.11 Å². The summed E-state index contributed by atoms with van der Waals surface area (Å²) in [5.41, 5.74) is 3.92. The molecule has 0 bridgehead atoms. The molecule has 0 aromatic heterocycles. The normalized spacial score (nSPS) is 17.1. The third kappa shape index (κ3) is 11.4. The molecule has 2 aliphatic heterocycles. The number of hydrogen-bond donors (Lipinski definition) is 1. The van der Waals surface area contributed by atoms with E-state index >= 15 is 0 Å². The number of fused-ring (bicyclic) bond motifs is 5. The molecule has 274 valence electrons. The highest BCUT2D eigenvalue weighted by Gasteiger charge is 2.41. The van der Waals surface area contributed by atoms with Crippen LogP contribution in [0.25, 0.3) is 0 Å². The molecular weight excluding hydrogens is 638 g/mol. The highest BCUT2D eigenvalue weighted by atomic mass is 16.6. The SMILES string of the molecule is CCC(=O)C(C)CCCOCCOCCOCCOCCNC(=O)CCC(=O)N1Cc2ccccc2C2N=NN(C(C)C)C2c2ccccc21. The quantitative estimate of drug-likeness (QED) is 0.154. The van der Waals surface area contributed by atoms with Gasteiger partial charge in [0.15, 0.2) is 0 Å². The Morgan fingerprint density at radius 3 is 2.12 bits per heavy atom. The van der Waals surface area contributed by atoms with Crippen LogP contribution in [0.3, 0.4) is 0 Å². The van der Waals surface area contributed by atoms with Crippen LogP contribution in [0.5, 0.6) is 0 Å². The van der Waals surface area contributed by atoms with E-state index in [0.717, 1.165) is 35.2 Å². The Hall–Kier alpha value is -3.71. The van der Waals surface area contributed by atoms with Gasteiger partial charge in [-0.25, -0.2) is 0 Å². The average molecular weight is 694 g/mol. The summed E-state index contributed by atoms with van der Waals surface area (Å²) >= 11 is 0. The van der Waals surface area contributed by atoms with E-state index in [1.807, 2.05) is 55.3 Å². The standard InChI is InChI=1S/C38H55N5O7/c1-5-34(44)29(4)11-10-19-47-21-23-49-25-26-50-24-22-48-20-18-39-35(45)16-17-36(46)42-27-30-12-6-7-13-31(30)37-38(43(28(2)3)41-40-37)32-14-8-9-15-33(32)42/h6-9,12-15,28-29,37-38H,5,10-11,16-27H2,1-4H3,(H,39,45). The highest BCUT2D eigenvalue weighted by molar-refractivity contribution is 5.96. The molecule has 1 N–H and O–H groups in total. The monoisotopic (exact) mass is 693 g/mol. The number of benzene rings is 2. The van der Waals surface area contributed by atoms with Gasteiger partial charge < -0.3 is 29.2 Å². The van der Waals surface area contributed by atoms with Gasteiger partial charge in [0.25, 0.3) is 0 Å². The Bertz CT molecular complexity index is 1400. The number of carbonyl (C=O) groups excluding carboxylic acids is 3. The van der Waals surface area contributed by atoms with Crippen LogP contribution in [0.1, 0.15) is 88.6 Å². The Labute approximate surface area is 296 Å². The van der Waals surface area contributed by atoms with Gasteiger partial charge in [-0.1, -0.05) is 61.5 Å². The van der Waals surface area contributed by atoms with Crippen LogP contribution in [0.4, 0.5) is 5.69 Å². The summed E-state index contributed by atoms with van der Waals surface area (Å²) in [5, 5.41) is 14.1. The van der Waals surface area contributed by atoms with Crippen molar-refractivity contribution in [2.45, 2.75) is 84.5 Å². The summed E-state index contributed by atoms with van der Waals surface area (Å²) in [6.45, 7) is 12.6. The molecule has 2 aliphatic rings. The van der Waals surface area contributed by atoms with Crippen LogP contribution in [-0.4, -0.2) is 88.0 Å². The number of carbonyl (C=O) groups is 3. The fourth-order valence-electron chi connectivity index (χ4n) is 6.25. The first-order valence-electron chi connectivity index (χ1n) is 18.1. The van der Waals surface area contributed by atoms with Crippen LogP contribution in [-0.2, 0) is 39.9 Å². The molecule has 0 spiro atoms. The smallest absolute Gasteiger partial charge is 0.227 e. The number of para-hydroxylation sites is 1. The predicted molar refractivity (Wildman–Crippen MR) is 191 cm³/mol. The maximum atomic E-state index is 13.7. The van der Waals surface area contributed by atoms with Crippen LogP contribution >= 0.6 is 0 Å². The van der Waals surface area contributed by atoms with Gasteiger partial charge >= 0.3 is 0 Å². The zero-order valence-corrected chi connectivity index (χ0v) is 30.2. The van der Waals surface area contributed by atoms with Crippen LogP contribution < -0.4 is 10.2 Å². The lowest BCUT2D eigenvalue weighted by atomic mass is 9.87. The van der Waals surface area contributed by atoms with E-state index in [2.05, 4.69) is 41.6 Å². The topological polar surface area (TPSA) is 131 Å². The Kier molecular flexibility index (Phi) is 16.3. The highest BCUT2D eigenvalue weighted by Crippen LogP contribution is 2.48. The van der Waals surface area contributed by atoms with Crippen molar-refractivity contribution in [3.05, 3.63) is 65.2 Å². The Morgan fingerprint density at radius 2 is 1.44 bits per heavy atom. The molecule has 2 heterocycles. The van der Waals surface area contributed by atoms with Crippen LogP contribution in [0.15, 0.2) is 58.9 Å². The predicted octanol–water partition coefficient (Wildman–Crippen LogP) is 5.77. The molecule has 4 rings (SSSR count). The van der Waals surface area contributed by atoms with E-state index in [0.29, 0.717) is 78.1 Å². The van der Waals surface area contributed by atoms with Crippen molar-refractivity contribution >= 4 is 23.3 Å². The molecule has 2 aromatic carbocycles. The van der Waals surface area contributed by atoms with E-state index in [4.69, 9.17) is 18.9 Å². The number of nitrogens with one attached hydrogen (secondary N) is 1. The maximum Gasteiger partial charge on any atom is 0.227 e. The summed E-state index contributed by atoms with van der Waals surface area (Å²) in [6.07, 6.45) is 2.49. The molecule has 0 fully saturated rings. The van der Waals surface area contributed by atoms with Crippen LogP contribution in [0.2, 0.25) is 0 Å². The first-order chi connectivity index (χ1) is 24.3. The van der Waals surface area contributed by atoms with Crippen molar-refractivity contribution in [2.24, 2.45) is 16.3 Å². The van der Waals surface area contributed by atoms with Gasteiger partial charge in [0.1, 0.15) is 17.9 Å². The summed E-state index contributed by atoms with van der Waals surface area (Å²) < 4.78 is 22.2. The first kappa shape index (κ1) is 39.1. The molecule has 12 heteroatoms. The van der Waals surface area contributed by atoms with Gasteiger partial charge in [0, 0.05) is 55.6 Å². The molecule has 12 nitrogen and oxygen atoms in total. The lowest BCUT2D eigenvalue weighted by molar-refractivity contribution is -0.125. The number of rotatable bonds is 22. The zero-order valence-electron chi connectivity index (χ0n) is 30.2. The van der Waals surface area contributed by atoms with Gasteiger partial charge in [-0.3, -0.25) is 19.4 Å². The lowest BCUT2D eigenvalue weighted by Crippen LogP contribution is -2.37. The lowest BCUT2D eigenvalue weighted by Gasteiger charge is -2.36. The first-order valence-corrected chi connectivity index (χ1v) is 18.1. The van der Waals surface area contributed by atoms with Crippen LogP contribution in [0, 0.1) is 5.92 Å². The Morgan fingerprint density at radius 1 is 0.820 bits per heavy atom. The molecule has 0 aliphatic carbocycles. The second-order valence-electron chi connectivity index (χ2n) is 13.0. The number of Topliss-reactive ketones (excluding diaryl/α,β-unsaturated/α-hetero) is 1. The van der Waals surface area contributed by atoms with Gasteiger partial charge in [0.05, 0.1) is 52.8 Å². The number of amides is 2. The minimum Gasteiger partial charge on any atom is -0.379 e. The fourth-order valence-corrected chi connectivity index (χ4v) is 6.25. The van der Waals surface area contributed by atoms with Gasteiger partial charge in [-0.05, 0) is 43.9 Å². The fraction of sp³-hybridized carbons (Fsp3) is 0.605. The molecule has 0 saturated heterocycles. The summed E-state index contributed by atoms with van der Waals surface area (Å²) in [6, 6.07) is 15.9. The third-order valence-electron chi connectivity index (χ3n) is 9.02. The van der Waals surface area contributed by atoms with Crippen molar-refractivity contribution in [3.8, 4) is 0 Å². The largest absolute Gasteiger partial charge is 0.379 e. The number of ketones is 1. The van der Waals surface area contributed by atoms with E-state index in [-0.39, 0.29) is 48.7 Å².